The van der Waals surface area contributed by atoms with Crippen LogP contribution in [-0.4, -0.2) is 6.71 Å². The van der Waals surface area contributed by atoms with E-state index in [1.165, 1.54) is 60.9 Å². The van der Waals surface area contributed by atoms with Crippen molar-refractivity contribution < 1.29 is 0 Å². The van der Waals surface area contributed by atoms with Crippen molar-refractivity contribution in [2.45, 2.75) is 5.92 Å². The summed E-state index contributed by atoms with van der Waals surface area (Å²) in [7, 11) is 0. The van der Waals surface area contributed by atoms with E-state index in [1.807, 2.05) is 0 Å². The van der Waals surface area contributed by atoms with Crippen LogP contribution in [-0.2, 0) is 0 Å². The third kappa shape index (κ3) is 2.99. The molecule has 1 nitrogen and oxygen atoms in total. The van der Waals surface area contributed by atoms with Gasteiger partial charge in [0.05, 0.1) is 0 Å². The molecule has 6 aromatic carbocycles. The van der Waals surface area contributed by atoms with E-state index in [0.29, 0.717) is 0 Å². The Morgan fingerprint density at radius 2 is 1.16 bits per heavy atom. The van der Waals surface area contributed by atoms with Crippen LogP contribution in [0, 0.1) is 0 Å². The van der Waals surface area contributed by atoms with Gasteiger partial charge in [-0.1, -0.05) is 121 Å². The lowest BCUT2D eigenvalue weighted by atomic mass is 9.31. The van der Waals surface area contributed by atoms with Crippen LogP contribution >= 0.6 is 0 Å². The van der Waals surface area contributed by atoms with Crippen molar-refractivity contribution in [1.82, 2.24) is 0 Å². The number of benzene rings is 6. The fourth-order valence-electron chi connectivity index (χ4n) is 6.68. The predicted octanol–water partition coefficient (Wildman–Crippen LogP) is 6.63. The van der Waals surface area contributed by atoms with Crippen molar-refractivity contribution in [2.75, 3.05) is 4.90 Å². The first-order valence-corrected chi connectivity index (χ1v) is 13.0. The lowest BCUT2D eigenvalue weighted by molar-refractivity contribution is 0.987. The minimum Gasteiger partial charge on any atom is -0.312 e. The smallest absolute Gasteiger partial charge is 0.247 e. The van der Waals surface area contributed by atoms with Crippen molar-refractivity contribution >= 4 is 50.9 Å². The van der Waals surface area contributed by atoms with Gasteiger partial charge in [-0.05, 0) is 62.7 Å². The van der Waals surface area contributed by atoms with Gasteiger partial charge in [-0.25, -0.2) is 0 Å². The predicted molar refractivity (Wildman–Crippen MR) is 157 cm³/mol. The van der Waals surface area contributed by atoms with Gasteiger partial charge in [0.2, 0.25) is 6.71 Å². The summed E-state index contributed by atoms with van der Waals surface area (Å²) in [5.41, 5.74) is 12.1. The molecule has 2 aliphatic heterocycles. The molecule has 2 heterocycles. The number of rotatable bonds is 2. The van der Waals surface area contributed by atoms with E-state index in [9.17, 15) is 0 Å². The van der Waals surface area contributed by atoms with Crippen molar-refractivity contribution in [3.05, 3.63) is 156 Å². The summed E-state index contributed by atoms with van der Waals surface area (Å²) < 4.78 is 0. The molecule has 1 unspecified atom stereocenters. The summed E-state index contributed by atoms with van der Waals surface area (Å²) in [4.78, 5) is 2.45. The van der Waals surface area contributed by atoms with Gasteiger partial charge in [-0.15, -0.1) is 0 Å². The molecule has 8 rings (SSSR count). The maximum absolute atomic E-state index is 2.45. The highest BCUT2D eigenvalue weighted by Gasteiger charge is 2.43. The first-order valence-electron chi connectivity index (χ1n) is 13.0. The monoisotopic (exact) mass is 469 g/mol. The zero-order chi connectivity index (χ0) is 24.3. The van der Waals surface area contributed by atoms with E-state index in [2.05, 4.69) is 144 Å². The summed E-state index contributed by atoms with van der Waals surface area (Å²) >= 11 is 0. The maximum Gasteiger partial charge on any atom is 0.247 e. The second kappa shape index (κ2) is 7.98. The highest BCUT2D eigenvalue weighted by Crippen LogP contribution is 2.42. The molecule has 0 amide bonds. The molecular formula is C35H24BN. The van der Waals surface area contributed by atoms with Crippen molar-refractivity contribution in [2.24, 2.45) is 0 Å². The fraction of sp³-hybridized carbons (Fsp3) is 0.0286. The normalized spacial score (nSPS) is 15.2. The van der Waals surface area contributed by atoms with Gasteiger partial charge >= 0.3 is 0 Å². The summed E-state index contributed by atoms with van der Waals surface area (Å²) in [5, 5.41) is 2.58. The molecule has 2 aliphatic rings. The van der Waals surface area contributed by atoms with Gasteiger partial charge in [0.1, 0.15) is 0 Å². The molecular weight excluding hydrogens is 445 g/mol. The van der Waals surface area contributed by atoms with E-state index in [0.717, 1.165) is 0 Å². The molecule has 0 aromatic heterocycles. The molecule has 2 heteroatoms. The Morgan fingerprint density at radius 1 is 0.486 bits per heavy atom. The standard InChI is InChI=1S/C35H24BN/c1-2-13-27(14-3-1)37-32-19-9-8-18-31(32)36-30-17-7-6-15-28(30)34(29-16-10-20-33(37)35(29)36)26-22-21-24-11-4-5-12-25(24)23-26/h1-23,34H. The lowest BCUT2D eigenvalue weighted by Gasteiger charge is -2.42. The molecule has 0 aliphatic carbocycles. The average molecular weight is 469 g/mol. The molecule has 0 fully saturated rings. The molecule has 0 N–H and O–H groups in total. The maximum atomic E-state index is 2.45. The van der Waals surface area contributed by atoms with Crippen LogP contribution in [0.5, 0.6) is 0 Å². The average Bonchev–Trinajstić information content (AvgIpc) is 2.97. The minimum absolute atomic E-state index is 0.190. The molecule has 172 valence electrons. The van der Waals surface area contributed by atoms with Crippen LogP contribution in [0.25, 0.3) is 10.8 Å². The summed E-state index contributed by atoms with van der Waals surface area (Å²) in [5.74, 6) is 0.190. The second-order valence-electron chi connectivity index (χ2n) is 10.1. The Bertz CT molecular complexity index is 1810. The molecule has 37 heavy (non-hydrogen) atoms. The topological polar surface area (TPSA) is 3.24 Å². The quantitative estimate of drug-likeness (QED) is 0.257. The fourth-order valence-corrected chi connectivity index (χ4v) is 6.68. The van der Waals surface area contributed by atoms with Crippen LogP contribution in [0.15, 0.2) is 140 Å². The van der Waals surface area contributed by atoms with Gasteiger partial charge in [0.25, 0.3) is 0 Å². The number of hydrogen-bond donors (Lipinski definition) is 0. The third-order valence-electron chi connectivity index (χ3n) is 8.19. The van der Waals surface area contributed by atoms with Crippen molar-refractivity contribution in [1.29, 1.82) is 0 Å². The number of fused-ring (bicyclic) bond motifs is 5. The minimum atomic E-state index is 0.190. The summed E-state index contributed by atoms with van der Waals surface area (Å²) in [6, 6.07) is 51.4. The Kier molecular flexibility index (Phi) is 4.45. The molecule has 6 aromatic rings. The molecule has 0 bridgehead atoms. The van der Waals surface area contributed by atoms with Gasteiger partial charge in [-0.2, -0.15) is 0 Å². The number of nitrogens with zero attached hydrogens (tertiary/aromatic N) is 1. The van der Waals surface area contributed by atoms with Crippen LogP contribution in [0.3, 0.4) is 0 Å². The van der Waals surface area contributed by atoms with Crippen molar-refractivity contribution in [3.8, 4) is 0 Å². The van der Waals surface area contributed by atoms with Gasteiger partial charge in [0.15, 0.2) is 0 Å². The third-order valence-corrected chi connectivity index (χ3v) is 8.19. The Morgan fingerprint density at radius 3 is 2.05 bits per heavy atom. The van der Waals surface area contributed by atoms with Gasteiger partial charge in [-0.3, -0.25) is 0 Å². The van der Waals surface area contributed by atoms with E-state index < -0.39 is 0 Å². The summed E-state index contributed by atoms with van der Waals surface area (Å²) in [6.07, 6.45) is 0. The Balaban J connectivity index is 1.44. The molecule has 0 spiro atoms. The van der Waals surface area contributed by atoms with Crippen molar-refractivity contribution in [3.63, 3.8) is 0 Å². The second-order valence-corrected chi connectivity index (χ2v) is 10.1. The molecule has 0 saturated carbocycles. The highest BCUT2D eigenvalue weighted by atomic mass is 15.1. The van der Waals surface area contributed by atoms with Crippen LogP contribution in [0.2, 0.25) is 0 Å². The highest BCUT2D eigenvalue weighted by molar-refractivity contribution is 6.99. The Hall–Kier alpha value is -4.56. The summed E-state index contributed by atoms with van der Waals surface area (Å²) in [6.45, 7) is 0.218. The zero-order valence-corrected chi connectivity index (χ0v) is 20.4. The number of hydrogen-bond acceptors (Lipinski definition) is 1. The Labute approximate surface area is 217 Å². The van der Waals surface area contributed by atoms with Crippen LogP contribution in [0.4, 0.5) is 17.1 Å². The number of anilines is 3. The lowest BCUT2D eigenvalue weighted by Crippen LogP contribution is -2.61. The first-order chi connectivity index (χ1) is 18.4. The SMILES string of the molecule is c1ccc(N2c3ccccc3B3c4ccccc4C(c4ccc5ccccc5c4)c4cccc2c43)cc1. The van der Waals surface area contributed by atoms with E-state index in [1.54, 1.807) is 0 Å². The molecule has 0 saturated heterocycles. The van der Waals surface area contributed by atoms with Gasteiger partial charge < -0.3 is 4.90 Å². The van der Waals surface area contributed by atoms with Gasteiger partial charge in [0, 0.05) is 23.0 Å². The molecule has 0 radical (unpaired) electrons. The van der Waals surface area contributed by atoms with E-state index in [4.69, 9.17) is 0 Å². The zero-order valence-electron chi connectivity index (χ0n) is 20.4. The van der Waals surface area contributed by atoms with E-state index >= 15 is 0 Å². The van der Waals surface area contributed by atoms with E-state index in [-0.39, 0.29) is 12.6 Å². The molecule has 1 atom stereocenters. The number of para-hydroxylation sites is 2. The van der Waals surface area contributed by atoms with Crippen LogP contribution in [0.1, 0.15) is 22.6 Å². The van der Waals surface area contributed by atoms with Crippen LogP contribution < -0.4 is 21.3 Å². The first kappa shape index (κ1) is 20.6. The largest absolute Gasteiger partial charge is 0.312 e.